The molecule has 0 aliphatic heterocycles. The largest absolute Gasteiger partial charge is 0.423 e. The second kappa shape index (κ2) is 11.1. The molecule has 242 valence electrons. The first-order valence-corrected chi connectivity index (χ1v) is 17.2. The number of para-hydroxylation sites is 3. The second-order valence-electron chi connectivity index (χ2n) is 12.9. The fourth-order valence-corrected chi connectivity index (χ4v) is 7.46. The number of imidazole rings is 1. The minimum Gasteiger partial charge on any atom is -0.423 e. The van der Waals surface area contributed by atoms with E-state index in [-0.39, 0.29) is 0 Å². The number of hydrogen-bond acceptors (Lipinski definition) is 6. The molecule has 0 unspecified atom stereocenters. The molecule has 0 saturated carbocycles. The molecule has 11 rings (SSSR count). The summed E-state index contributed by atoms with van der Waals surface area (Å²) in [5.41, 5.74) is 8.76. The van der Waals surface area contributed by atoms with Gasteiger partial charge in [0.1, 0.15) is 11.0 Å². The Morgan fingerprint density at radius 2 is 1.02 bits per heavy atom. The first kappa shape index (κ1) is 28.6. The van der Waals surface area contributed by atoms with Crippen LogP contribution in [0.2, 0.25) is 0 Å². The lowest BCUT2D eigenvalue weighted by atomic mass is 10.0. The molecule has 0 saturated heterocycles. The number of nitrogens with zero attached hydrogens (tertiary/aromatic N) is 6. The molecule has 0 radical (unpaired) electrons. The van der Waals surface area contributed by atoms with E-state index in [1.807, 2.05) is 42.5 Å². The van der Waals surface area contributed by atoms with Crippen LogP contribution in [0.3, 0.4) is 0 Å². The van der Waals surface area contributed by atoms with Crippen LogP contribution in [0.5, 0.6) is 0 Å². The van der Waals surface area contributed by atoms with Crippen molar-refractivity contribution in [1.29, 1.82) is 0 Å². The van der Waals surface area contributed by atoms with E-state index in [9.17, 15) is 0 Å². The molecular weight excluding hydrogens is 641 g/mol. The number of benzene rings is 7. The van der Waals surface area contributed by atoms with Crippen molar-refractivity contribution in [3.63, 3.8) is 0 Å². The van der Waals surface area contributed by atoms with E-state index < -0.39 is 0 Å². The molecule has 0 spiro atoms. The van der Waals surface area contributed by atoms with Crippen molar-refractivity contribution in [2.24, 2.45) is 0 Å². The molecule has 0 N–H and O–H groups in total. The summed E-state index contributed by atoms with van der Waals surface area (Å²) >= 11 is 0. The molecule has 0 atom stereocenters. The molecule has 4 heterocycles. The Morgan fingerprint density at radius 1 is 0.442 bits per heavy atom. The number of rotatable bonds is 4. The Morgan fingerprint density at radius 3 is 1.77 bits per heavy atom. The number of hydrogen-bond donors (Lipinski definition) is 0. The van der Waals surface area contributed by atoms with Gasteiger partial charge in [-0.1, -0.05) is 133 Å². The fraction of sp³-hybridized carbons (Fsp3) is 0. The van der Waals surface area contributed by atoms with Gasteiger partial charge in [-0.25, -0.2) is 19.9 Å². The van der Waals surface area contributed by atoms with Gasteiger partial charge >= 0.3 is 5.84 Å². The van der Waals surface area contributed by atoms with Crippen LogP contribution >= 0.6 is 0 Å². The number of fused-ring (bicyclic) bond motifs is 9. The van der Waals surface area contributed by atoms with Gasteiger partial charge in [0.2, 0.25) is 0 Å². The monoisotopic (exact) mass is 666 g/mol. The molecule has 0 aliphatic rings. The van der Waals surface area contributed by atoms with Crippen molar-refractivity contribution in [3.8, 4) is 45.4 Å². The van der Waals surface area contributed by atoms with Gasteiger partial charge in [-0.2, -0.15) is 4.98 Å². The molecule has 7 heteroatoms. The number of pyridine rings is 1. The molecule has 0 aliphatic carbocycles. The van der Waals surface area contributed by atoms with Gasteiger partial charge in [-0.05, 0) is 45.8 Å². The highest BCUT2D eigenvalue weighted by atomic mass is 16.4. The molecule has 0 fully saturated rings. The molecule has 7 nitrogen and oxygen atoms in total. The van der Waals surface area contributed by atoms with Crippen LogP contribution in [0, 0.1) is 0 Å². The zero-order chi connectivity index (χ0) is 34.2. The van der Waals surface area contributed by atoms with Crippen molar-refractivity contribution in [2.75, 3.05) is 0 Å². The number of aromatic nitrogens is 6. The van der Waals surface area contributed by atoms with Crippen molar-refractivity contribution in [3.05, 3.63) is 158 Å². The predicted octanol–water partition coefficient (Wildman–Crippen LogP) is 10.9. The molecule has 0 amide bonds. The topological polar surface area (TPSA) is 82.0 Å². The van der Waals surface area contributed by atoms with Gasteiger partial charge in [0.15, 0.2) is 23.1 Å². The van der Waals surface area contributed by atoms with Crippen molar-refractivity contribution in [2.45, 2.75) is 0 Å². The lowest BCUT2D eigenvalue weighted by Crippen LogP contribution is -2.01. The van der Waals surface area contributed by atoms with Crippen LogP contribution in [-0.2, 0) is 0 Å². The highest BCUT2D eigenvalue weighted by molar-refractivity contribution is 6.10. The Bertz CT molecular complexity index is 3100. The summed E-state index contributed by atoms with van der Waals surface area (Å²) in [6.07, 6.45) is 0. The summed E-state index contributed by atoms with van der Waals surface area (Å²) in [5, 5.41) is 5.39. The molecule has 52 heavy (non-hydrogen) atoms. The van der Waals surface area contributed by atoms with Gasteiger partial charge in [-0.15, -0.1) is 0 Å². The molecule has 7 aromatic carbocycles. The van der Waals surface area contributed by atoms with E-state index in [0.29, 0.717) is 23.3 Å². The standard InChI is InChI=1S/C45H26N6O/c1-3-18-31-27(12-1)14-10-21-33(31)43-48-42(49-44(50-43)34-22-11-15-28-13-2-4-19-32(28)34)30-17-9-16-29(26-30)39-41-40(35-20-5-6-23-36(35)46-39)47-45-51(41)37-24-7-8-25-38(37)52-45/h1-26H. The summed E-state index contributed by atoms with van der Waals surface area (Å²) in [5.74, 6) is 2.34. The van der Waals surface area contributed by atoms with Crippen LogP contribution in [0.4, 0.5) is 0 Å². The van der Waals surface area contributed by atoms with Crippen LogP contribution in [0.1, 0.15) is 0 Å². The highest BCUT2D eigenvalue weighted by Gasteiger charge is 2.22. The van der Waals surface area contributed by atoms with Gasteiger partial charge < -0.3 is 4.42 Å². The molecule has 11 aromatic rings. The van der Waals surface area contributed by atoms with Crippen molar-refractivity contribution < 1.29 is 4.42 Å². The smallest absolute Gasteiger partial charge is 0.307 e. The van der Waals surface area contributed by atoms with Gasteiger partial charge in [0.25, 0.3) is 0 Å². The number of oxazole rings is 1. The summed E-state index contributed by atoms with van der Waals surface area (Å²) in [4.78, 5) is 25.8. The fourth-order valence-electron chi connectivity index (χ4n) is 7.46. The van der Waals surface area contributed by atoms with Crippen molar-refractivity contribution in [1.82, 2.24) is 29.3 Å². The average Bonchev–Trinajstić information content (AvgIpc) is 3.77. The zero-order valence-corrected chi connectivity index (χ0v) is 27.6. The van der Waals surface area contributed by atoms with E-state index in [0.717, 1.165) is 82.5 Å². The van der Waals surface area contributed by atoms with E-state index in [1.165, 1.54) is 0 Å². The average molecular weight is 667 g/mol. The van der Waals surface area contributed by atoms with E-state index in [4.69, 9.17) is 29.3 Å². The third kappa shape index (κ3) is 4.36. The molecule has 0 bridgehead atoms. The summed E-state index contributed by atoms with van der Waals surface area (Å²) in [6.45, 7) is 0. The predicted molar refractivity (Wildman–Crippen MR) is 208 cm³/mol. The van der Waals surface area contributed by atoms with Crippen LogP contribution in [0.15, 0.2) is 162 Å². The SMILES string of the molecule is c1cc(-c2nc(-c3cccc4ccccc34)nc(-c3cccc4ccccc34)n2)cc(-c2nc3ccccc3c3nc4oc5ccccc5n4c23)c1. The molecule has 4 aromatic heterocycles. The van der Waals surface area contributed by atoms with Gasteiger partial charge in [0.05, 0.1) is 16.7 Å². The maximum absolute atomic E-state index is 6.24. The lowest BCUT2D eigenvalue weighted by molar-refractivity contribution is 0.643. The third-order valence-corrected chi connectivity index (χ3v) is 9.86. The Kier molecular flexibility index (Phi) is 6.12. The van der Waals surface area contributed by atoms with Crippen molar-refractivity contribution >= 4 is 60.4 Å². The van der Waals surface area contributed by atoms with Crippen LogP contribution in [-0.4, -0.2) is 29.3 Å². The van der Waals surface area contributed by atoms with E-state index >= 15 is 0 Å². The van der Waals surface area contributed by atoms with Gasteiger partial charge in [0, 0.05) is 27.6 Å². The zero-order valence-electron chi connectivity index (χ0n) is 27.6. The first-order chi connectivity index (χ1) is 25.8. The minimum absolute atomic E-state index is 0.531. The van der Waals surface area contributed by atoms with Gasteiger partial charge in [-0.3, -0.25) is 4.40 Å². The maximum Gasteiger partial charge on any atom is 0.307 e. The third-order valence-electron chi connectivity index (χ3n) is 9.86. The Balaban J connectivity index is 1.17. The van der Waals surface area contributed by atoms with E-state index in [1.54, 1.807) is 0 Å². The quantitative estimate of drug-likeness (QED) is 0.186. The second-order valence-corrected chi connectivity index (χ2v) is 12.9. The summed E-state index contributed by atoms with van der Waals surface area (Å²) in [6, 6.07) is 53.6. The summed E-state index contributed by atoms with van der Waals surface area (Å²) < 4.78 is 8.31. The van der Waals surface area contributed by atoms with E-state index in [2.05, 4.69) is 120 Å². The minimum atomic E-state index is 0.531. The Hall–Kier alpha value is -7.25. The maximum atomic E-state index is 6.24. The Labute approximate surface area is 296 Å². The first-order valence-electron chi connectivity index (χ1n) is 17.2. The highest BCUT2D eigenvalue weighted by Crippen LogP contribution is 2.38. The molecular formula is C45H26N6O. The van der Waals surface area contributed by atoms with Crippen LogP contribution in [0.25, 0.3) is 106 Å². The normalized spacial score (nSPS) is 11.8. The summed E-state index contributed by atoms with van der Waals surface area (Å²) in [7, 11) is 0. The lowest BCUT2D eigenvalue weighted by Gasteiger charge is -2.12. The van der Waals surface area contributed by atoms with Crippen LogP contribution < -0.4 is 0 Å².